The predicted octanol–water partition coefficient (Wildman–Crippen LogP) is 3.38. The Bertz CT molecular complexity index is 797. The minimum Gasteiger partial charge on any atom is -0.478 e. The van der Waals surface area contributed by atoms with Gasteiger partial charge in [-0.05, 0) is 36.4 Å². The average Bonchev–Trinajstić information content (AvgIpc) is 2.97. The molecule has 21 heavy (non-hydrogen) atoms. The summed E-state index contributed by atoms with van der Waals surface area (Å²) in [5, 5.41) is 13.1. The topological polar surface area (TPSA) is 55.1 Å². The number of nitrogens with zero attached hydrogens (tertiary/aromatic N) is 2. The molecule has 4 nitrogen and oxygen atoms in total. The van der Waals surface area contributed by atoms with Crippen molar-refractivity contribution in [2.24, 2.45) is 0 Å². The van der Waals surface area contributed by atoms with E-state index in [-0.39, 0.29) is 5.56 Å². The predicted molar refractivity (Wildman–Crippen MR) is 75.9 cm³/mol. The van der Waals surface area contributed by atoms with E-state index in [1.54, 1.807) is 16.9 Å². The van der Waals surface area contributed by atoms with Crippen LogP contribution in [0.25, 0.3) is 16.9 Å². The van der Waals surface area contributed by atoms with Crippen LogP contribution in [-0.4, -0.2) is 20.9 Å². The summed E-state index contributed by atoms with van der Waals surface area (Å²) in [6.45, 7) is 0. The summed E-state index contributed by atoms with van der Waals surface area (Å²) in [4.78, 5) is 10.9. The summed E-state index contributed by atoms with van der Waals surface area (Å²) in [5.74, 6) is -1.75. The largest absolute Gasteiger partial charge is 0.478 e. The highest BCUT2D eigenvalue weighted by Gasteiger charge is 2.14. The molecule has 0 saturated heterocycles. The number of hydrogen-bond donors (Lipinski definition) is 1. The average molecular weight is 282 g/mol. The second-order valence-corrected chi connectivity index (χ2v) is 4.46. The standard InChI is InChI=1S/C16H11FN2O2/c17-14-10-11(16(20)21)6-7-13(14)15-8-9-18-19(15)12-4-2-1-3-5-12/h1-10H,(H,20,21). The Morgan fingerprint density at radius 3 is 2.52 bits per heavy atom. The summed E-state index contributed by atoms with van der Waals surface area (Å²) < 4.78 is 15.8. The Morgan fingerprint density at radius 2 is 1.86 bits per heavy atom. The van der Waals surface area contributed by atoms with Crippen molar-refractivity contribution in [3.05, 3.63) is 72.2 Å². The molecule has 0 unspecified atom stereocenters. The van der Waals surface area contributed by atoms with E-state index >= 15 is 0 Å². The zero-order valence-electron chi connectivity index (χ0n) is 10.9. The second-order valence-electron chi connectivity index (χ2n) is 4.46. The lowest BCUT2D eigenvalue weighted by atomic mass is 10.1. The molecular weight excluding hydrogens is 271 g/mol. The van der Waals surface area contributed by atoms with Gasteiger partial charge in [0.05, 0.1) is 23.1 Å². The molecule has 2 aromatic carbocycles. The Morgan fingerprint density at radius 1 is 1.10 bits per heavy atom. The molecule has 0 radical (unpaired) electrons. The molecule has 0 spiro atoms. The van der Waals surface area contributed by atoms with Gasteiger partial charge in [-0.3, -0.25) is 0 Å². The first-order valence-corrected chi connectivity index (χ1v) is 6.29. The molecule has 0 fully saturated rings. The number of rotatable bonds is 3. The maximum Gasteiger partial charge on any atom is 0.335 e. The van der Waals surface area contributed by atoms with Crippen molar-refractivity contribution in [1.29, 1.82) is 0 Å². The van der Waals surface area contributed by atoms with Crippen molar-refractivity contribution >= 4 is 5.97 Å². The van der Waals surface area contributed by atoms with E-state index in [4.69, 9.17) is 5.11 Å². The normalized spacial score (nSPS) is 10.5. The molecular formula is C16H11FN2O2. The third-order valence-corrected chi connectivity index (χ3v) is 3.14. The smallest absolute Gasteiger partial charge is 0.335 e. The highest BCUT2D eigenvalue weighted by Crippen LogP contribution is 2.25. The molecule has 1 N–H and O–H groups in total. The fraction of sp³-hybridized carbons (Fsp3) is 0. The monoisotopic (exact) mass is 282 g/mol. The summed E-state index contributed by atoms with van der Waals surface area (Å²) in [6, 6.07) is 14.9. The minimum absolute atomic E-state index is 0.0815. The van der Waals surface area contributed by atoms with Gasteiger partial charge in [-0.25, -0.2) is 13.9 Å². The SMILES string of the molecule is O=C(O)c1ccc(-c2ccnn2-c2ccccc2)c(F)c1. The zero-order valence-corrected chi connectivity index (χ0v) is 10.9. The lowest BCUT2D eigenvalue weighted by Crippen LogP contribution is -2.01. The minimum atomic E-state index is -1.16. The third kappa shape index (κ3) is 2.41. The van der Waals surface area contributed by atoms with Crippen LogP contribution in [0.1, 0.15) is 10.4 Å². The van der Waals surface area contributed by atoms with Crippen molar-refractivity contribution in [2.45, 2.75) is 0 Å². The van der Waals surface area contributed by atoms with Crippen molar-refractivity contribution in [2.75, 3.05) is 0 Å². The number of aromatic carboxylic acids is 1. The quantitative estimate of drug-likeness (QED) is 0.801. The van der Waals surface area contributed by atoms with Crippen molar-refractivity contribution in [3.63, 3.8) is 0 Å². The van der Waals surface area contributed by atoms with Crippen LogP contribution in [0.5, 0.6) is 0 Å². The van der Waals surface area contributed by atoms with Crippen LogP contribution < -0.4 is 0 Å². The molecule has 0 aliphatic carbocycles. The number of hydrogen-bond acceptors (Lipinski definition) is 2. The van der Waals surface area contributed by atoms with Gasteiger partial charge < -0.3 is 5.11 Å². The lowest BCUT2D eigenvalue weighted by molar-refractivity contribution is 0.0696. The first kappa shape index (κ1) is 13.1. The molecule has 1 heterocycles. The van der Waals surface area contributed by atoms with E-state index in [9.17, 15) is 9.18 Å². The van der Waals surface area contributed by atoms with Gasteiger partial charge in [-0.15, -0.1) is 0 Å². The number of para-hydroxylation sites is 1. The van der Waals surface area contributed by atoms with Crippen molar-refractivity contribution < 1.29 is 14.3 Å². The van der Waals surface area contributed by atoms with Crippen molar-refractivity contribution in [3.8, 4) is 16.9 Å². The van der Waals surface area contributed by atoms with Gasteiger partial charge in [0.15, 0.2) is 0 Å². The fourth-order valence-corrected chi connectivity index (χ4v) is 2.14. The molecule has 104 valence electrons. The van der Waals surface area contributed by atoms with Crippen LogP contribution in [0.3, 0.4) is 0 Å². The number of carbonyl (C=O) groups is 1. The first-order chi connectivity index (χ1) is 10.2. The van der Waals surface area contributed by atoms with Crippen LogP contribution in [0, 0.1) is 5.82 Å². The van der Waals surface area contributed by atoms with E-state index in [2.05, 4.69) is 5.10 Å². The molecule has 0 aliphatic rings. The van der Waals surface area contributed by atoms with Gasteiger partial charge >= 0.3 is 5.97 Å². The first-order valence-electron chi connectivity index (χ1n) is 6.29. The summed E-state index contributed by atoms with van der Waals surface area (Å²) in [7, 11) is 0. The number of benzene rings is 2. The highest BCUT2D eigenvalue weighted by molar-refractivity contribution is 5.88. The number of carboxylic acid groups (broad SMARTS) is 1. The number of aromatic nitrogens is 2. The number of halogens is 1. The molecule has 0 bridgehead atoms. The maximum atomic E-state index is 14.2. The van der Waals surface area contributed by atoms with Gasteiger partial charge in [-0.2, -0.15) is 5.10 Å². The van der Waals surface area contributed by atoms with Crippen LogP contribution in [0.4, 0.5) is 4.39 Å². The zero-order chi connectivity index (χ0) is 14.8. The summed E-state index contributed by atoms with van der Waals surface area (Å²) in [6.07, 6.45) is 1.58. The third-order valence-electron chi connectivity index (χ3n) is 3.14. The Balaban J connectivity index is 2.11. The van der Waals surface area contributed by atoms with Crippen LogP contribution in [-0.2, 0) is 0 Å². The van der Waals surface area contributed by atoms with Gasteiger partial charge in [0, 0.05) is 5.56 Å². The van der Waals surface area contributed by atoms with Gasteiger partial charge in [0.1, 0.15) is 5.82 Å². The number of carboxylic acids is 1. The Kier molecular flexibility index (Phi) is 3.23. The molecule has 0 saturated carbocycles. The molecule has 0 atom stereocenters. The van der Waals surface area contributed by atoms with Gasteiger partial charge in [-0.1, -0.05) is 18.2 Å². The second kappa shape index (κ2) is 5.20. The van der Waals surface area contributed by atoms with E-state index in [1.807, 2.05) is 30.3 Å². The Labute approximate surface area is 120 Å². The van der Waals surface area contributed by atoms with Crippen LogP contribution >= 0.6 is 0 Å². The molecule has 1 aromatic heterocycles. The Hall–Kier alpha value is -2.95. The van der Waals surface area contributed by atoms with E-state index in [1.165, 1.54) is 12.1 Å². The molecule has 3 rings (SSSR count). The maximum absolute atomic E-state index is 14.2. The van der Waals surface area contributed by atoms with Crippen LogP contribution in [0.2, 0.25) is 0 Å². The van der Waals surface area contributed by atoms with Gasteiger partial charge in [0.25, 0.3) is 0 Å². The van der Waals surface area contributed by atoms with E-state index in [0.717, 1.165) is 11.8 Å². The molecule has 5 heteroatoms. The summed E-state index contributed by atoms with van der Waals surface area (Å²) >= 11 is 0. The highest BCUT2D eigenvalue weighted by atomic mass is 19.1. The van der Waals surface area contributed by atoms with Gasteiger partial charge in [0.2, 0.25) is 0 Å². The lowest BCUT2D eigenvalue weighted by Gasteiger charge is -2.09. The van der Waals surface area contributed by atoms with Crippen molar-refractivity contribution in [1.82, 2.24) is 9.78 Å². The van der Waals surface area contributed by atoms with E-state index < -0.39 is 11.8 Å². The fourth-order valence-electron chi connectivity index (χ4n) is 2.14. The van der Waals surface area contributed by atoms with E-state index in [0.29, 0.717) is 11.3 Å². The molecule has 0 amide bonds. The molecule has 0 aliphatic heterocycles. The van der Waals surface area contributed by atoms with Crippen LogP contribution in [0.15, 0.2) is 60.8 Å². The molecule has 3 aromatic rings. The summed E-state index contributed by atoms with van der Waals surface area (Å²) in [5.41, 5.74) is 1.60.